The molecule has 1 saturated carbocycles. The highest BCUT2D eigenvalue weighted by molar-refractivity contribution is 5.78. The Morgan fingerprint density at radius 3 is 2.73 bits per heavy atom. The lowest BCUT2D eigenvalue weighted by Crippen LogP contribution is -2.10. The maximum absolute atomic E-state index is 12.5. The van der Waals surface area contributed by atoms with Gasteiger partial charge in [0.1, 0.15) is 18.1 Å². The van der Waals surface area contributed by atoms with Gasteiger partial charge in [0.25, 0.3) is 0 Å². The summed E-state index contributed by atoms with van der Waals surface area (Å²) >= 11 is 0. The Balaban J connectivity index is 1.59. The van der Waals surface area contributed by atoms with Crippen molar-refractivity contribution in [3.05, 3.63) is 83.9 Å². The Hall–Kier alpha value is -2.55. The third-order valence-corrected chi connectivity index (χ3v) is 5.28. The van der Waals surface area contributed by atoms with Crippen LogP contribution in [0.25, 0.3) is 0 Å². The van der Waals surface area contributed by atoms with E-state index < -0.39 is 0 Å². The third kappa shape index (κ3) is 3.82. The van der Waals surface area contributed by atoms with Crippen LogP contribution in [0.2, 0.25) is 0 Å². The number of esters is 1. The first-order valence-corrected chi connectivity index (χ1v) is 9.01. The summed E-state index contributed by atoms with van der Waals surface area (Å²) in [6.45, 7) is 10.0. The van der Waals surface area contributed by atoms with Gasteiger partial charge in [-0.2, -0.15) is 0 Å². The molecule has 3 nitrogen and oxygen atoms in total. The SMILES string of the molecule is C=CC=CC1C(C(=O)OCc2cc(Cc3ccccc3)oc2C)C1(C)C. The van der Waals surface area contributed by atoms with Crippen molar-refractivity contribution >= 4 is 5.97 Å². The highest BCUT2D eigenvalue weighted by Crippen LogP contribution is 2.59. The number of ether oxygens (including phenoxy) is 1. The van der Waals surface area contributed by atoms with Gasteiger partial charge in [-0.3, -0.25) is 4.79 Å². The number of hydrogen-bond donors (Lipinski definition) is 0. The molecule has 1 fully saturated rings. The van der Waals surface area contributed by atoms with E-state index in [-0.39, 0.29) is 29.8 Å². The molecular weight excluding hydrogens is 324 g/mol. The van der Waals surface area contributed by atoms with Crippen molar-refractivity contribution < 1.29 is 13.9 Å². The van der Waals surface area contributed by atoms with Crippen molar-refractivity contribution in [1.29, 1.82) is 0 Å². The fourth-order valence-electron chi connectivity index (χ4n) is 3.54. The largest absolute Gasteiger partial charge is 0.466 e. The van der Waals surface area contributed by atoms with Gasteiger partial charge in [-0.25, -0.2) is 0 Å². The second-order valence-corrected chi connectivity index (χ2v) is 7.51. The van der Waals surface area contributed by atoms with Gasteiger partial charge in [0.15, 0.2) is 0 Å². The molecule has 0 amide bonds. The summed E-state index contributed by atoms with van der Waals surface area (Å²) in [7, 11) is 0. The van der Waals surface area contributed by atoms with E-state index in [0.717, 1.165) is 23.5 Å². The molecule has 3 rings (SSSR count). The van der Waals surface area contributed by atoms with Crippen molar-refractivity contribution in [3.63, 3.8) is 0 Å². The van der Waals surface area contributed by atoms with Crippen molar-refractivity contribution in [2.45, 2.75) is 33.8 Å². The van der Waals surface area contributed by atoms with Crippen LogP contribution < -0.4 is 0 Å². The number of allylic oxidation sites excluding steroid dienone is 3. The van der Waals surface area contributed by atoms with Crippen LogP contribution in [0, 0.1) is 24.2 Å². The number of rotatable bonds is 7. The summed E-state index contributed by atoms with van der Waals surface area (Å²) in [6.07, 6.45) is 6.41. The van der Waals surface area contributed by atoms with Crippen LogP contribution in [0.5, 0.6) is 0 Å². The van der Waals surface area contributed by atoms with Gasteiger partial charge in [0.05, 0.1) is 5.92 Å². The molecule has 1 aromatic carbocycles. The second-order valence-electron chi connectivity index (χ2n) is 7.51. The van der Waals surface area contributed by atoms with Crippen LogP contribution in [0.15, 0.2) is 65.6 Å². The maximum atomic E-state index is 12.5. The molecule has 0 N–H and O–H groups in total. The first-order chi connectivity index (χ1) is 12.4. The summed E-state index contributed by atoms with van der Waals surface area (Å²) in [5.74, 6) is 1.68. The minimum atomic E-state index is -0.140. The van der Waals surface area contributed by atoms with E-state index >= 15 is 0 Å². The molecule has 0 bridgehead atoms. The predicted octanol–water partition coefficient (Wildman–Crippen LogP) is 5.24. The molecule has 1 aliphatic carbocycles. The van der Waals surface area contributed by atoms with E-state index in [1.54, 1.807) is 6.08 Å². The Labute approximate surface area is 155 Å². The average Bonchev–Trinajstić information content (AvgIpc) is 2.98. The zero-order chi connectivity index (χ0) is 18.7. The summed E-state index contributed by atoms with van der Waals surface area (Å²) in [5.41, 5.74) is 2.07. The monoisotopic (exact) mass is 350 g/mol. The quantitative estimate of drug-likeness (QED) is 0.506. The fourth-order valence-corrected chi connectivity index (χ4v) is 3.54. The van der Waals surface area contributed by atoms with Gasteiger partial charge < -0.3 is 9.15 Å². The van der Waals surface area contributed by atoms with Gasteiger partial charge in [0, 0.05) is 12.0 Å². The van der Waals surface area contributed by atoms with Gasteiger partial charge in [0.2, 0.25) is 0 Å². The molecule has 0 saturated heterocycles. The normalized spacial score (nSPS) is 20.9. The van der Waals surface area contributed by atoms with Gasteiger partial charge in [-0.05, 0) is 29.9 Å². The zero-order valence-corrected chi connectivity index (χ0v) is 15.7. The molecule has 136 valence electrons. The van der Waals surface area contributed by atoms with Crippen LogP contribution in [-0.2, 0) is 22.6 Å². The van der Waals surface area contributed by atoms with Crippen molar-refractivity contribution in [2.24, 2.45) is 17.3 Å². The van der Waals surface area contributed by atoms with Crippen molar-refractivity contribution in [2.75, 3.05) is 0 Å². The van der Waals surface area contributed by atoms with Crippen LogP contribution in [0.1, 0.15) is 36.5 Å². The lowest BCUT2D eigenvalue weighted by molar-refractivity contribution is -0.147. The highest BCUT2D eigenvalue weighted by Gasteiger charge is 2.61. The molecule has 1 aliphatic rings. The minimum Gasteiger partial charge on any atom is -0.466 e. The fraction of sp³-hybridized carbons (Fsp3) is 0.348. The first-order valence-electron chi connectivity index (χ1n) is 9.01. The van der Waals surface area contributed by atoms with Gasteiger partial charge in [-0.15, -0.1) is 0 Å². The van der Waals surface area contributed by atoms with Crippen molar-refractivity contribution in [1.82, 2.24) is 0 Å². The summed E-state index contributed by atoms with van der Waals surface area (Å²) in [5, 5.41) is 0. The molecule has 3 heteroatoms. The molecule has 2 atom stereocenters. The Morgan fingerprint density at radius 1 is 1.31 bits per heavy atom. The molecular formula is C23H26O3. The number of benzene rings is 1. The van der Waals surface area contributed by atoms with E-state index in [4.69, 9.17) is 9.15 Å². The summed E-state index contributed by atoms with van der Waals surface area (Å²) in [4.78, 5) is 12.5. The Bertz CT molecular complexity index is 811. The number of carbonyl (C=O) groups is 1. The zero-order valence-electron chi connectivity index (χ0n) is 15.7. The lowest BCUT2D eigenvalue weighted by atomic mass is 10.1. The summed E-state index contributed by atoms with van der Waals surface area (Å²) < 4.78 is 11.4. The first kappa shape index (κ1) is 18.2. The van der Waals surface area contributed by atoms with Crippen LogP contribution in [0.4, 0.5) is 0 Å². The standard InChI is InChI=1S/C23H26O3/c1-5-6-12-20-21(23(20,3)4)22(24)25-15-18-14-19(26-16(18)2)13-17-10-8-7-9-11-17/h5-12,14,20-21H,1,13,15H2,2-4H3. The smallest absolute Gasteiger partial charge is 0.310 e. The van der Waals surface area contributed by atoms with Crippen LogP contribution in [-0.4, -0.2) is 5.97 Å². The average molecular weight is 350 g/mol. The number of carbonyl (C=O) groups excluding carboxylic acids is 1. The number of aryl methyl sites for hydroxylation is 1. The Morgan fingerprint density at radius 2 is 2.04 bits per heavy atom. The molecule has 2 aromatic rings. The molecule has 0 aliphatic heterocycles. The lowest BCUT2D eigenvalue weighted by Gasteiger charge is -2.04. The van der Waals surface area contributed by atoms with Gasteiger partial charge >= 0.3 is 5.97 Å². The molecule has 1 heterocycles. The number of hydrogen-bond acceptors (Lipinski definition) is 3. The minimum absolute atomic E-state index is 0.0551. The maximum Gasteiger partial charge on any atom is 0.310 e. The van der Waals surface area contributed by atoms with Gasteiger partial charge in [-0.1, -0.05) is 69.0 Å². The molecule has 0 spiro atoms. The van der Waals surface area contributed by atoms with Crippen LogP contribution >= 0.6 is 0 Å². The van der Waals surface area contributed by atoms with E-state index in [2.05, 4.69) is 32.6 Å². The molecule has 0 radical (unpaired) electrons. The van der Waals surface area contributed by atoms with E-state index in [1.807, 2.05) is 43.3 Å². The second kappa shape index (κ2) is 7.36. The highest BCUT2D eigenvalue weighted by atomic mass is 16.5. The number of furan rings is 1. The van der Waals surface area contributed by atoms with E-state index in [9.17, 15) is 4.79 Å². The topological polar surface area (TPSA) is 39.4 Å². The Kier molecular flexibility index (Phi) is 5.17. The van der Waals surface area contributed by atoms with E-state index in [1.165, 1.54) is 5.56 Å². The molecule has 2 unspecified atom stereocenters. The molecule has 1 aromatic heterocycles. The van der Waals surface area contributed by atoms with Crippen molar-refractivity contribution in [3.8, 4) is 0 Å². The molecule has 26 heavy (non-hydrogen) atoms. The third-order valence-electron chi connectivity index (χ3n) is 5.28. The van der Waals surface area contributed by atoms with E-state index in [0.29, 0.717) is 0 Å². The summed E-state index contributed by atoms with van der Waals surface area (Å²) in [6, 6.07) is 12.2. The predicted molar refractivity (Wildman–Crippen MR) is 103 cm³/mol. The van der Waals surface area contributed by atoms with Crippen LogP contribution in [0.3, 0.4) is 0 Å².